The van der Waals surface area contributed by atoms with Crippen molar-refractivity contribution in [2.75, 3.05) is 0 Å². The molecule has 9 aromatic carbocycles. The third kappa shape index (κ3) is 5.21. The Bertz CT molecular complexity index is 3050. The van der Waals surface area contributed by atoms with Gasteiger partial charge in [0.2, 0.25) is 0 Å². The molecule has 0 N–H and O–H groups in total. The molecule has 2 aliphatic heterocycles. The molecule has 334 valence electrons. The molecule has 13 rings (SSSR count). The molecule has 0 radical (unpaired) electrons. The molecular formula is C66H62Si2. The largest absolute Gasteiger partial charge is 0.155 e. The number of benzene rings is 9. The van der Waals surface area contributed by atoms with Crippen molar-refractivity contribution in [1.29, 1.82) is 0 Å². The number of fused-ring (bicyclic) bond motifs is 8. The number of rotatable bonds is 6. The van der Waals surface area contributed by atoms with Crippen LogP contribution in [0.15, 0.2) is 206 Å². The Balaban J connectivity index is 1.06. The molecule has 0 bridgehead atoms. The zero-order valence-electron chi connectivity index (χ0n) is 40.3. The van der Waals surface area contributed by atoms with Gasteiger partial charge < -0.3 is 0 Å². The SMILES string of the molecule is CC12CCCCC1(C)[Si](c1ccccc1)(c1ccccc1)c1ccc(-c3c4ccccc4c(-c4ccc5c(c4)C4(C)CCCCC4(C)[Si]5(c4ccccc4)c4ccccc4)c4ccccc34)cc12. The average molecular weight is 911 g/mol. The summed E-state index contributed by atoms with van der Waals surface area (Å²) in [4.78, 5) is 0. The lowest BCUT2D eigenvalue weighted by molar-refractivity contribution is 0.241. The van der Waals surface area contributed by atoms with Gasteiger partial charge in [-0.05, 0) is 133 Å². The molecule has 0 nitrogen and oxygen atoms in total. The Labute approximate surface area is 406 Å². The van der Waals surface area contributed by atoms with Crippen LogP contribution in [-0.4, -0.2) is 16.1 Å². The van der Waals surface area contributed by atoms with E-state index in [-0.39, 0.29) is 20.9 Å². The molecule has 68 heavy (non-hydrogen) atoms. The molecule has 2 heteroatoms. The molecule has 4 aliphatic rings. The lowest BCUT2D eigenvalue weighted by Crippen LogP contribution is -2.72. The van der Waals surface area contributed by atoms with E-state index in [4.69, 9.17) is 0 Å². The van der Waals surface area contributed by atoms with E-state index in [0.717, 1.165) is 0 Å². The molecule has 2 aliphatic carbocycles. The summed E-state index contributed by atoms with van der Waals surface area (Å²) in [6, 6.07) is 81.5. The third-order valence-electron chi connectivity index (χ3n) is 19.7. The van der Waals surface area contributed by atoms with Crippen LogP contribution in [0.25, 0.3) is 43.8 Å². The van der Waals surface area contributed by atoms with E-state index in [0.29, 0.717) is 0 Å². The second-order valence-corrected chi connectivity index (χ2v) is 30.7. The topological polar surface area (TPSA) is 0 Å². The minimum absolute atomic E-state index is 0.0478. The van der Waals surface area contributed by atoms with Gasteiger partial charge in [-0.25, -0.2) is 0 Å². The van der Waals surface area contributed by atoms with Crippen molar-refractivity contribution in [3.05, 3.63) is 217 Å². The fraction of sp³-hybridized carbons (Fsp3) is 0.242. The molecular weight excluding hydrogens is 849 g/mol. The van der Waals surface area contributed by atoms with Crippen molar-refractivity contribution in [3.63, 3.8) is 0 Å². The summed E-state index contributed by atoms with van der Waals surface area (Å²) < 4.78 is 0. The summed E-state index contributed by atoms with van der Waals surface area (Å²) in [5.74, 6) is 0. The minimum Gasteiger partial charge on any atom is -0.0624 e. The monoisotopic (exact) mass is 910 g/mol. The highest BCUT2D eigenvalue weighted by Crippen LogP contribution is 2.67. The fourth-order valence-corrected chi connectivity index (χ4v) is 30.2. The summed E-state index contributed by atoms with van der Waals surface area (Å²) in [5.41, 5.74) is 8.73. The van der Waals surface area contributed by atoms with Crippen LogP contribution in [0.2, 0.25) is 10.1 Å². The van der Waals surface area contributed by atoms with Gasteiger partial charge in [-0.3, -0.25) is 0 Å². The summed E-state index contributed by atoms with van der Waals surface area (Å²) in [6.07, 6.45) is 10.1. The van der Waals surface area contributed by atoms with Gasteiger partial charge in [-0.15, -0.1) is 0 Å². The Morgan fingerprint density at radius 1 is 0.309 bits per heavy atom. The van der Waals surface area contributed by atoms with Crippen LogP contribution in [0, 0.1) is 0 Å². The highest BCUT2D eigenvalue weighted by molar-refractivity contribution is 7.15. The summed E-state index contributed by atoms with van der Waals surface area (Å²) in [6.45, 7) is 10.7. The first-order valence-corrected chi connectivity index (χ1v) is 29.7. The lowest BCUT2D eigenvalue weighted by Gasteiger charge is -2.54. The lowest BCUT2D eigenvalue weighted by atomic mass is 9.63. The van der Waals surface area contributed by atoms with Gasteiger partial charge in [0.05, 0.1) is 0 Å². The van der Waals surface area contributed by atoms with Crippen molar-refractivity contribution in [2.24, 2.45) is 0 Å². The highest BCUT2D eigenvalue weighted by Gasteiger charge is 2.70. The fourth-order valence-electron chi connectivity index (χ4n) is 16.4. The molecule has 4 unspecified atom stereocenters. The van der Waals surface area contributed by atoms with Gasteiger partial charge in [0.25, 0.3) is 0 Å². The Morgan fingerprint density at radius 3 is 0.897 bits per heavy atom. The Morgan fingerprint density at radius 2 is 0.588 bits per heavy atom. The molecule has 9 aromatic rings. The minimum atomic E-state index is -2.53. The molecule has 0 amide bonds. The first-order chi connectivity index (χ1) is 33.2. The molecule has 2 fully saturated rings. The number of hydrogen-bond donors (Lipinski definition) is 0. The predicted molar refractivity (Wildman–Crippen MR) is 296 cm³/mol. The molecule has 0 spiro atoms. The van der Waals surface area contributed by atoms with Crippen LogP contribution in [0.5, 0.6) is 0 Å². The van der Waals surface area contributed by atoms with Gasteiger partial charge in [-0.1, -0.05) is 260 Å². The second-order valence-electron chi connectivity index (χ2n) is 22.1. The third-order valence-corrected chi connectivity index (χ3v) is 31.9. The average Bonchev–Trinajstić information content (AvgIpc) is 3.70. The van der Waals surface area contributed by atoms with E-state index in [1.807, 2.05) is 0 Å². The van der Waals surface area contributed by atoms with Crippen LogP contribution >= 0.6 is 0 Å². The molecule has 2 heterocycles. The van der Waals surface area contributed by atoms with Crippen LogP contribution in [-0.2, 0) is 10.8 Å². The molecule has 4 atom stereocenters. The van der Waals surface area contributed by atoms with Gasteiger partial charge in [0.1, 0.15) is 0 Å². The van der Waals surface area contributed by atoms with E-state index in [9.17, 15) is 0 Å². The van der Waals surface area contributed by atoms with E-state index < -0.39 is 16.1 Å². The zero-order chi connectivity index (χ0) is 45.9. The second kappa shape index (κ2) is 15.2. The van der Waals surface area contributed by atoms with E-state index in [2.05, 4.69) is 234 Å². The molecule has 2 saturated carbocycles. The van der Waals surface area contributed by atoms with Gasteiger partial charge in [0, 0.05) is 0 Å². The van der Waals surface area contributed by atoms with Crippen molar-refractivity contribution >= 4 is 68.8 Å². The van der Waals surface area contributed by atoms with Crippen molar-refractivity contribution in [1.82, 2.24) is 0 Å². The number of hydrogen-bond acceptors (Lipinski definition) is 0. The Hall–Kier alpha value is -6.07. The van der Waals surface area contributed by atoms with Crippen LogP contribution < -0.4 is 31.1 Å². The maximum Gasteiger partial charge on any atom is 0.155 e. The first kappa shape index (κ1) is 42.1. The smallest absolute Gasteiger partial charge is 0.0624 e. The summed E-state index contributed by atoms with van der Waals surface area (Å²) >= 11 is 0. The maximum atomic E-state index is 2.71. The van der Waals surface area contributed by atoms with E-state index >= 15 is 0 Å². The van der Waals surface area contributed by atoms with Gasteiger partial charge in [0.15, 0.2) is 16.1 Å². The van der Waals surface area contributed by atoms with Crippen LogP contribution in [0.1, 0.15) is 90.2 Å². The maximum absolute atomic E-state index is 2.71. The quantitative estimate of drug-likeness (QED) is 0.115. The highest BCUT2D eigenvalue weighted by atomic mass is 28.3. The zero-order valence-corrected chi connectivity index (χ0v) is 42.3. The standard InChI is InChI=1S/C66H62Si2/c1-63-41-21-23-43-65(63,3)67(49-25-9-5-10-26-49,50-27-11-6-12-28-50)59-39-37-47(45-57(59)63)61-53-33-17-19-35-55(53)62(56-36-20-18-34-54(56)61)48-38-40-60-58(46-48)64(2)42-22-24-44-66(64,4)68(60,51-29-13-7-14-30-51)52-31-15-8-16-32-52/h5-20,25-40,45-46H,21-24,41-44H2,1-4H3. The van der Waals surface area contributed by atoms with E-state index in [1.165, 1.54) is 95.2 Å². The van der Waals surface area contributed by atoms with Crippen LogP contribution in [0.3, 0.4) is 0 Å². The molecule has 0 aromatic heterocycles. The van der Waals surface area contributed by atoms with Gasteiger partial charge >= 0.3 is 0 Å². The molecule has 0 saturated heterocycles. The van der Waals surface area contributed by atoms with E-state index in [1.54, 1.807) is 42.2 Å². The normalized spacial score (nSPS) is 25.4. The predicted octanol–water partition coefficient (Wildman–Crippen LogP) is 13.5. The van der Waals surface area contributed by atoms with Crippen LogP contribution in [0.4, 0.5) is 0 Å². The van der Waals surface area contributed by atoms with Crippen molar-refractivity contribution < 1.29 is 0 Å². The van der Waals surface area contributed by atoms with Crippen molar-refractivity contribution in [2.45, 2.75) is 100.0 Å². The Kier molecular flexibility index (Phi) is 9.41. The first-order valence-electron chi connectivity index (χ1n) is 25.7. The van der Waals surface area contributed by atoms with Gasteiger partial charge in [-0.2, -0.15) is 0 Å². The van der Waals surface area contributed by atoms with Crippen molar-refractivity contribution in [3.8, 4) is 22.3 Å². The summed E-state index contributed by atoms with van der Waals surface area (Å²) in [5, 5.41) is 15.1. The summed E-state index contributed by atoms with van der Waals surface area (Å²) in [7, 11) is -5.06.